The van der Waals surface area contributed by atoms with E-state index in [2.05, 4.69) is 10.6 Å². The zero-order valence-electron chi connectivity index (χ0n) is 20.7. The SMILES string of the molecule is COC(=O)C(Cc1ccccc1)NC(=O)C(Cl)(Cl)[C@H](O)[C@H](Cc1ccccc1)NC(=O)OC(C)(C)C. The summed E-state index contributed by atoms with van der Waals surface area (Å²) in [6, 6.07) is 15.7. The van der Waals surface area contributed by atoms with Gasteiger partial charge < -0.3 is 25.2 Å². The zero-order valence-corrected chi connectivity index (χ0v) is 22.2. The van der Waals surface area contributed by atoms with Crippen molar-refractivity contribution in [1.29, 1.82) is 0 Å². The molecular formula is C26H32Cl2N2O6. The van der Waals surface area contributed by atoms with Gasteiger partial charge in [-0.1, -0.05) is 83.9 Å². The van der Waals surface area contributed by atoms with Crippen LogP contribution in [0, 0.1) is 0 Å². The highest BCUT2D eigenvalue weighted by atomic mass is 35.5. The summed E-state index contributed by atoms with van der Waals surface area (Å²) in [7, 11) is 1.19. The molecule has 3 atom stereocenters. The number of alkyl carbamates (subject to hydrolysis) is 1. The number of aliphatic hydroxyl groups is 1. The number of aliphatic hydroxyl groups excluding tert-OH is 1. The van der Waals surface area contributed by atoms with E-state index in [-0.39, 0.29) is 12.8 Å². The maximum Gasteiger partial charge on any atom is 0.407 e. The summed E-state index contributed by atoms with van der Waals surface area (Å²) in [5.74, 6) is -1.73. The fourth-order valence-corrected chi connectivity index (χ4v) is 3.81. The number of methoxy groups -OCH3 is 1. The Morgan fingerprint density at radius 1 is 0.889 bits per heavy atom. The molecule has 0 saturated heterocycles. The van der Waals surface area contributed by atoms with E-state index in [1.165, 1.54) is 7.11 Å². The Morgan fingerprint density at radius 2 is 1.39 bits per heavy atom. The van der Waals surface area contributed by atoms with Gasteiger partial charge in [-0.2, -0.15) is 0 Å². The quantitative estimate of drug-likeness (QED) is 0.314. The highest BCUT2D eigenvalue weighted by Gasteiger charge is 2.47. The largest absolute Gasteiger partial charge is 0.467 e. The first kappa shape index (κ1) is 29.4. The summed E-state index contributed by atoms with van der Waals surface area (Å²) in [5.41, 5.74) is 0.712. The van der Waals surface area contributed by atoms with Gasteiger partial charge in [0.1, 0.15) is 17.7 Å². The number of rotatable bonds is 10. The van der Waals surface area contributed by atoms with E-state index in [9.17, 15) is 19.5 Å². The Labute approximate surface area is 221 Å². The number of alkyl halides is 2. The van der Waals surface area contributed by atoms with Crippen LogP contribution in [0.2, 0.25) is 0 Å². The molecule has 0 radical (unpaired) electrons. The monoisotopic (exact) mass is 538 g/mol. The summed E-state index contributed by atoms with van der Waals surface area (Å²) >= 11 is 12.7. The number of benzene rings is 2. The average molecular weight is 539 g/mol. The van der Waals surface area contributed by atoms with Crippen LogP contribution in [0.25, 0.3) is 0 Å². The predicted octanol–water partition coefficient (Wildman–Crippen LogP) is 3.56. The van der Waals surface area contributed by atoms with Crippen LogP contribution in [-0.4, -0.2) is 58.3 Å². The van der Waals surface area contributed by atoms with E-state index in [4.69, 9.17) is 32.7 Å². The van der Waals surface area contributed by atoms with E-state index < -0.39 is 46.1 Å². The van der Waals surface area contributed by atoms with Gasteiger partial charge in [-0.05, 0) is 38.3 Å². The van der Waals surface area contributed by atoms with Crippen molar-refractivity contribution >= 4 is 41.2 Å². The van der Waals surface area contributed by atoms with Crippen LogP contribution in [0.5, 0.6) is 0 Å². The van der Waals surface area contributed by atoms with Crippen LogP contribution in [0.3, 0.4) is 0 Å². The highest BCUT2D eigenvalue weighted by Crippen LogP contribution is 2.30. The molecule has 8 nitrogen and oxygen atoms in total. The summed E-state index contributed by atoms with van der Waals surface area (Å²) < 4.78 is 7.67. The maximum absolute atomic E-state index is 13.1. The van der Waals surface area contributed by atoms with Crippen LogP contribution < -0.4 is 10.6 Å². The molecular weight excluding hydrogens is 507 g/mol. The van der Waals surface area contributed by atoms with Crippen LogP contribution in [0.15, 0.2) is 60.7 Å². The van der Waals surface area contributed by atoms with Gasteiger partial charge in [0.05, 0.1) is 13.2 Å². The van der Waals surface area contributed by atoms with E-state index in [1.54, 1.807) is 69.3 Å². The molecule has 3 N–H and O–H groups in total. The van der Waals surface area contributed by atoms with Crippen molar-refractivity contribution in [2.45, 2.75) is 61.7 Å². The maximum atomic E-state index is 13.1. The Kier molecular flexibility index (Phi) is 10.6. The number of esters is 1. The molecule has 0 spiro atoms. The third kappa shape index (κ3) is 9.00. The molecule has 0 bridgehead atoms. The molecule has 0 heterocycles. The third-order valence-corrected chi connectivity index (χ3v) is 5.92. The summed E-state index contributed by atoms with van der Waals surface area (Å²) in [4.78, 5) is 37.9. The molecule has 0 aliphatic heterocycles. The van der Waals surface area contributed by atoms with Crippen molar-refractivity contribution in [2.24, 2.45) is 0 Å². The number of amides is 2. The Hall–Kier alpha value is -2.81. The van der Waals surface area contributed by atoms with Gasteiger partial charge in [-0.3, -0.25) is 4.79 Å². The molecule has 2 amide bonds. The normalized spacial score (nSPS) is 14.2. The van der Waals surface area contributed by atoms with Gasteiger partial charge >= 0.3 is 12.1 Å². The predicted molar refractivity (Wildman–Crippen MR) is 138 cm³/mol. The molecule has 0 aromatic heterocycles. The van der Waals surface area contributed by atoms with Crippen LogP contribution in [0.4, 0.5) is 4.79 Å². The lowest BCUT2D eigenvalue weighted by Crippen LogP contribution is -2.59. The summed E-state index contributed by atoms with van der Waals surface area (Å²) in [5, 5.41) is 16.1. The zero-order chi connectivity index (χ0) is 26.9. The van der Waals surface area contributed by atoms with E-state index in [1.807, 2.05) is 12.1 Å². The Morgan fingerprint density at radius 3 is 1.86 bits per heavy atom. The Bertz CT molecular complexity index is 1010. The molecule has 0 aliphatic rings. The van der Waals surface area contributed by atoms with Crippen LogP contribution in [0.1, 0.15) is 31.9 Å². The molecule has 196 valence electrons. The topological polar surface area (TPSA) is 114 Å². The number of hydrogen-bond acceptors (Lipinski definition) is 6. The molecule has 1 unspecified atom stereocenters. The van der Waals surface area contributed by atoms with Gasteiger partial charge in [-0.25, -0.2) is 9.59 Å². The van der Waals surface area contributed by atoms with Crippen molar-refractivity contribution in [3.8, 4) is 0 Å². The van der Waals surface area contributed by atoms with E-state index >= 15 is 0 Å². The molecule has 2 rings (SSSR count). The lowest BCUT2D eigenvalue weighted by molar-refractivity contribution is -0.145. The van der Waals surface area contributed by atoms with Crippen molar-refractivity contribution in [3.05, 3.63) is 71.8 Å². The van der Waals surface area contributed by atoms with Gasteiger partial charge in [-0.15, -0.1) is 0 Å². The number of carbonyl (C=O) groups is 3. The number of halogens is 2. The number of ether oxygens (including phenoxy) is 2. The minimum atomic E-state index is -2.43. The van der Waals surface area contributed by atoms with Crippen molar-refractivity contribution in [1.82, 2.24) is 10.6 Å². The van der Waals surface area contributed by atoms with Gasteiger partial charge in [0.15, 0.2) is 0 Å². The standard InChI is InChI=1S/C26H32Cl2N2O6/c1-25(2,3)36-24(34)30-19(15-17-11-7-5-8-12-17)21(31)26(27,28)23(33)29-20(22(32)35-4)16-18-13-9-6-10-14-18/h5-14,19-21,31H,15-16H2,1-4H3,(H,29,33)(H,30,34)/t19-,20?,21+/m0/s1. The first-order valence-corrected chi connectivity index (χ1v) is 12.1. The lowest BCUT2D eigenvalue weighted by atomic mass is 9.98. The molecule has 2 aromatic carbocycles. The number of carbonyl (C=O) groups excluding carboxylic acids is 3. The first-order valence-electron chi connectivity index (χ1n) is 11.4. The first-order chi connectivity index (χ1) is 16.8. The molecule has 0 saturated carbocycles. The lowest BCUT2D eigenvalue weighted by Gasteiger charge is -2.33. The average Bonchev–Trinajstić information content (AvgIpc) is 2.82. The third-order valence-electron chi connectivity index (χ3n) is 5.13. The fourth-order valence-electron chi connectivity index (χ4n) is 3.40. The van der Waals surface area contributed by atoms with Gasteiger partial charge in [0.2, 0.25) is 4.33 Å². The van der Waals surface area contributed by atoms with E-state index in [0.29, 0.717) is 0 Å². The second-order valence-corrected chi connectivity index (χ2v) is 10.6. The van der Waals surface area contributed by atoms with E-state index in [0.717, 1.165) is 11.1 Å². The molecule has 10 heteroatoms. The number of hydrogen-bond donors (Lipinski definition) is 3. The van der Waals surface area contributed by atoms with Crippen molar-refractivity contribution in [2.75, 3.05) is 7.11 Å². The Balaban J connectivity index is 2.24. The minimum absolute atomic E-state index is 0.0974. The summed E-state index contributed by atoms with van der Waals surface area (Å²) in [6.07, 6.45) is -2.38. The van der Waals surface area contributed by atoms with Crippen LogP contribution in [-0.2, 0) is 31.9 Å². The van der Waals surface area contributed by atoms with Gasteiger partial charge in [0.25, 0.3) is 5.91 Å². The molecule has 2 aromatic rings. The second-order valence-electron chi connectivity index (χ2n) is 9.25. The molecule has 36 heavy (non-hydrogen) atoms. The summed E-state index contributed by atoms with van der Waals surface area (Å²) in [6.45, 7) is 5.07. The second kappa shape index (κ2) is 12.9. The smallest absolute Gasteiger partial charge is 0.407 e. The van der Waals surface area contributed by atoms with Crippen LogP contribution >= 0.6 is 23.2 Å². The van der Waals surface area contributed by atoms with Gasteiger partial charge in [0, 0.05) is 6.42 Å². The highest BCUT2D eigenvalue weighted by molar-refractivity contribution is 6.58. The van der Waals surface area contributed by atoms with Crippen molar-refractivity contribution in [3.63, 3.8) is 0 Å². The minimum Gasteiger partial charge on any atom is -0.467 e. The molecule has 0 fully saturated rings. The molecule has 0 aliphatic carbocycles. The fraction of sp³-hybridized carbons (Fsp3) is 0.423. The van der Waals surface area contributed by atoms with Crippen molar-refractivity contribution < 1.29 is 29.0 Å². The number of nitrogens with one attached hydrogen (secondary N) is 2.